The van der Waals surface area contributed by atoms with E-state index < -0.39 is 17.2 Å². The topological polar surface area (TPSA) is 101 Å². The molecule has 2 amide bonds. The number of nitrogens with one attached hydrogen (secondary N) is 1. The monoisotopic (exact) mass is 533 g/mol. The van der Waals surface area contributed by atoms with Gasteiger partial charge in [-0.2, -0.15) is 0 Å². The third kappa shape index (κ3) is 4.59. The van der Waals surface area contributed by atoms with Crippen molar-refractivity contribution < 1.29 is 23.1 Å². The second-order valence-corrected chi connectivity index (χ2v) is 11.0. The van der Waals surface area contributed by atoms with Crippen LogP contribution >= 0.6 is 0 Å². The Morgan fingerprint density at radius 1 is 1.03 bits per heavy atom. The highest BCUT2D eigenvalue weighted by Gasteiger charge is 2.31. The van der Waals surface area contributed by atoms with E-state index in [9.17, 15) is 18.4 Å². The standard InChI is InChI=1S/C29H31N3O5S/c33-28(30-38(35)36)21-10-11-24-25(17-21)32-18-22(29(34)31-12-14-37-15-13-31)16-20-8-4-5-9-23(20)27(32)26(24)19-6-2-1-3-7-19/h4-5,8-11,16-17,19H,1-3,6-7,12-15,18H2,(H,30,33)(H,35,36). The van der Waals surface area contributed by atoms with Gasteiger partial charge in [0.25, 0.3) is 23.1 Å². The van der Waals surface area contributed by atoms with Gasteiger partial charge in [0.2, 0.25) is 0 Å². The highest BCUT2D eigenvalue weighted by Crippen LogP contribution is 2.46. The second-order valence-electron chi connectivity index (χ2n) is 10.3. The predicted octanol–water partition coefficient (Wildman–Crippen LogP) is 4.48. The van der Waals surface area contributed by atoms with Crippen molar-refractivity contribution in [1.29, 1.82) is 0 Å². The fourth-order valence-electron chi connectivity index (χ4n) is 6.26. The highest BCUT2D eigenvalue weighted by molar-refractivity contribution is 7.77. The van der Waals surface area contributed by atoms with E-state index >= 15 is 0 Å². The number of carbonyl (C=O) groups is 2. The van der Waals surface area contributed by atoms with Crippen molar-refractivity contribution in [2.45, 2.75) is 44.6 Å². The van der Waals surface area contributed by atoms with E-state index in [1.807, 2.05) is 29.2 Å². The zero-order chi connectivity index (χ0) is 26.2. The van der Waals surface area contributed by atoms with Crippen LogP contribution in [0.4, 0.5) is 0 Å². The molecule has 9 heteroatoms. The summed E-state index contributed by atoms with van der Waals surface area (Å²) in [5.41, 5.74) is 6.32. The van der Waals surface area contributed by atoms with Crippen molar-refractivity contribution in [3.05, 3.63) is 64.7 Å². The van der Waals surface area contributed by atoms with E-state index in [4.69, 9.17) is 4.74 Å². The van der Waals surface area contributed by atoms with E-state index in [0.29, 0.717) is 49.9 Å². The van der Waals surface area contributed by atoms with Crippen LogP contribution in [0.3, 0.4) is 0 Å². The van der Waals surface area contributed by atoms with Crippen molar-refractivity contribution in [1.82, 2.24) is 14.2 Å². The molecule has 198 valence electrons. The Bertz CT molecular complexity index is 1460. The number of benzene rings is 2. The van der Waals surface area contributed by atoms with Crippen molar-refractivity contribution in [3.8, 4) is 11.3 Å². The number of carbonyl (C=O) groups excluding carboxylic acids is 2. The molecular weight excluding hydrogens is 502 g/mol. The van der Waals surface area contributed by atoms with Crippen LogP contribution in [0.5, 0.6) is 0 Å². The average molecular weight is 534 g/mol. The Labute approximate surface area is 224 Å². The predicted molar refractivity (Wildman–Crippen MR) is 147 cm³/mol. The van der Waals surface area contributed by atoms with Gasteiger partial charge in [-0.15, -0.1) is 0 Å². The molecule has 2 fully saturated rings. The molecule has 0 bridgehead atoms. The van der Waals surface area contributed by atoms with E-state index in [0.717, 1.165) is 40.6 Å². The summed E-state index contributed by atoms with van der Waals surface area (Å²) in [5.74, 6) is -0.227. The number of hydrogen-bond acceptors (Lipinski definition) is 4. The van der Waals surface area contributed by atoms with Gasteiger partial charge in [0.1, 0.15) is 0 Å². The number of fused-ring (bicyclic) bond motifs is 5. The third-order valence-corrected chi connectivity index (χ3v) is 8.37. The van der Waals surface area contributed by atoms with Crippen LogP contribution in [0.2, 0.25) is 0 Å². The Morgan fingerprint density at radius 2 is 1.79 bits per heavy atom. The summed E-state index contributed by atoms with van der Waals surface area (Å²) in [5, 5.41) is 1.07. The average Bonchev–Trinajstić information content (AvgIpc) is 3.15. The zero-order valence-electron chi connectivity index (χ0n) is 21.2. The molecule has 1 atom stereocenters. The maximum atomic E-state index is 13.7. The second kappa shape index (κ2) is 10.5. The Hall–Kier alpha value is -3.27. The quantitative estimate of drug-likeness (QED) is 0.482. The third-order valence-electron chi connectivity index (χ3n) is 8.01. The van der Waals surface area contributed by atoms with Crippen LogP contribution in [0.15, 0.2) is 48.0 Å². The molecule has 8 nitrogen and oxygen atoms in total. The molecule has 38 heavy (non-hydrogen) atoms. The summed E-state index contributed by atoms with van der Waals surface area (Å²) < 4.78 is 30.2. The van der Waals surface area contributed by atoms with Crippen molar-refractivity contribution in [3.63, 3.8) is 0 Å². The van der Waals surface area contributed by atoms with Gasteiger partial charge >= 0.3 is 0 Å². The molecule has 1 unspecified atom stereocenters. The van der Waals surface area contributed by atoms with Crippen molar-refractivity contribution in [2.75, 3.05) is 26.3 Å². The molecule has 1 aliphatic carbocycles. The summed E-state index contributed by atoms with van der Waals surface area (Å²) in [7, 11) is 0. The first-order valence-corrected chi connectivity index (χ1v) is 14.4. The van der Waals surface area contributed by atoms with Crippen molar-refractivity contribution >= 4 is 40.1 Å². The molecule has 2 aromatic carbocycles. The number of aromatic nitrogens is 1. The van der Waals surface area contributed by atoms with Gasteiger partial charge in [-0.1, -0.05) is 49.6 Å². The Kier molecular flexibility index (Phi) is 6.90. The van der Waals surface area contributed by atoms with Gasteiger partial charge in [0.05, 0.1) is 25.5 Å². The molecule has 3 heterocycles. The molecule has 3 aromatic rings. The fraction of sp³-hybridized carbons (Fsp3) is 0.379. The lowest BCUT2D eigenvalue weighted by Crippen LogP contribution is -2.41. The van der Waals surface area contributed by atoms with E-state index in [1.165, 1.54) is 24.8 Å². The zero-order valence-corrected chi connectivity index (χ0v) is 22.0. The number of hydrogen-bond donors (Lipinski definition) is 2. The number of morpholine rings is 1. The Morgan fingerprint density at radius 3 is 2.55 bits per heavy atom. The van der Waals surface area contributed by atoms with Crippen LogP contribution in [-0.2, 0) is 27.3 Å². The molecule has 3 aliphatic rings. The van der Waals surface area contributed by atoms with Gasteiger partial charge in [0.15, 0.2) is 0 Å². The summed E-state index contributed by atoms with van der Waals surface area (Å²) in [4.78, 5) is 28.2. The molecule has 1 aromatic heterocycles. The SMILES string of the molecule is O=C(NS(=O)O)c1ccc2c(C3CCCCC3)c3n(c2c1)CC(C(=O)N1CCOCC1)=Cc1ccccc1-3. The van der Waals surface area contributed by atoms with E-state index in [2.05, 4.69) is 21.4 Å². The number of nitrogens with zero attached hydrogens (tertiary/aromatic N) is 2. The lowest BCUT2D eigenvalue weighted by Gasteiger charge is -2.28. The van der Waals surface area contributed by atoms with Gasteiger partial charge in [0, 0.05) is 40.7 Å². The normalized spacial score (nSPS) is 18.8. The Balaban J connectivity index is 1.56. The molecule has 0 spiro atoms. The first kappa shape index (κ1) is 25.0. The largest absolute Gasteiger partial charge is 0.378 e. The smallest absolute Gasteiger partial charge is 0.264 e. The lowest BCUT2D eigenvalue weighted by atomic mass is 9.81. The summed E-state index contributed by atoms with van der Waals surface area (Å²) >= 11 is -2.45. The van der Waals surface area contributed by atoms with Crippen LogP contribution < -0.4 is 4.72 Å². The van der Waals surface area contributed by atoms with E-state index in [1.54, 1.807) is 12.1 Å². The van der Waals surface area contributed by atoms with Gasteiger partial charge in [-0.05, 0) is 48.1 Å². The molecule has 0 radical (unpaired) electrons. The summed E-state index contributed by atoms with van der Waals surface area (Å²) in [6.45, 7) is 2.56. The molecule has 6 rings (SSSR count). The first-order valence-electron chi connectivity index (χ1n) is 13.3. The minimum atomic E-state index is -2.45. The first-order chi connectivity index (χ1) is 18.5. The lowest BCUT2D eigenvalue weighted by molar-refractivity contribution is -0.131. The maximum absolute atomic E-state index is 13.7. The molecule has 2 N–H and O–H groups in total. The molecule has 1 saturated heterocycles. The summed E-state index contributed by atoms with van der Waals surface area (Å²) in [6.07, 6.45) is 7.83. The van der Waals surface area contributed by atoms with Gasteiger partial charge in [-0.25, -0.2) is 8.93 Å². The van der Waals surface area contributed by atoms with Crippen LogP contribution in [-0.4, -0.2) is 56.3 Å². The van der Waals surface area contributed by atoms with Gasteiger partial charge in [-0.3, -0.25) is 14.1 Å². The molecule has 1 saturated carbocycles. The maximum Gasteiger partial charge on any atom is 0.264 e. The summed E-state index contributed by atoms with van der Waals surface area (Å²) in [6, 6.07) is 13.7. The minimum absolute atomic E-state index is 0.00148. The van der Waals surface area contributed by atoms with E-state index in [-0.39, 0.29) is 5.91 Å². The van der Waals surface area contributed by atoms with Gasteiger partial charge < -0.3 is 14.2 Å². The molecular formula is C29H31N3O5S. The van der Waals surface area contributed by atoms with Crippen LogP contribution in [0, 0.1) is 0 Å². The van der Waals surface area contributed by atoms with Crippen LogP contribution in [0.25, 0.3) is 28.2 Å². The number of rotatable bonds is 4. The molecule has 2 aliphatic heterocycles. The number of amides is 2. The fourth-order valence-corrected chi connectivity index (χ4v) is 6.53. The minimum Gasteiger partial charge on any atom is -0.378 e. The number of ether oxygens (including phenoxy) is 1. The van der Waals surface area contributed by atoms with Crippen LogP contribution in [0.1, 0.15) is 59.5 Å². The highest BCUT2D eigenvalue weighted by atomic mass is 32.2. The van der Waals surface area contributed by atoms with Crippen molar-refractivity contribution in [2.24, 2.45) is 0 Å².